The predicted octanol–water partition coefficient (Wildman–Crippen LogP) is 2.93. The fraction of sp³-hybridized carbons (Fsp3) is 0.416. The summed E-state index contributed by atoms with van der Waals surface area (Å²) in [5, 5.41) is 90.1. The molecule has 39 nitrogen and oxygen atoms in total. The van der Waals surface area contributed by atoms with Gasteiger partial charge in [-0.15, -0.1) is 0 Å². The average Bonchev–Trinajstić information content (AvgIpc) is 0.800. The van der Waals surface area contributed by atoms with Gasteiger partial charge in [-0.3, -0.25) is 48.2 Å². The number of nitrogens with zero attached hydrogens (tertiary/aromatic N) is 5. The first-order chi connectivity index (χ1) is 55.0. The molecule has 1 saturated heterocycles. The molecule has 7 amide bonds. The van der Waals surface area contributed by atoms with Crippen LogP contribution >= 0.6 is 0 Å². The fourth-order valence-corrected chi connectivity index (χ4v) is 11.9. The number of fused-ring (bicyclic) bond motifs is 1. The Morgan fingerprint density at radius 2 is 1.34 bits per heavy atom. The summed E-state index contributed by atoms with van der Waals surface area (Å²) in [6.45, 7) is 9.73. The Morgan fingerprint density at radius 3 is 1.95 bits per heavy atom. The number of alkyl carbamates (subject to hydrolysis) is 1. The molecular weight excluding hydrogens is 1520 g/mol. The standard InChI is InChI=1S/C77H98N16O23/c1-6-11-59-44(5)58(94)37-60(116-59)52(15-9-12-41(2)32-43(4)33-42(3)17-26-51-13-10-16-65(102)115-51)90-77(113)114-31-29-47(78)40-93(80)50-24-20-45(21-25-50)68(103)81-30-8-7-14-53(74(109)110)87-71(106)56(35-63(98)99)89-72(107)57(36-64(100)101)88-70(105)55(34-62(96)97)85-61(95)28-27-54(75(111)112)86-69(104)46-18-22-48(23-19-46)82-38-49-39-83-67-66(84-49)73(108)92-76(79)91-67/h6,9-12,15-26,33,39-40,43-44,51-60,82,94H,7-8,13-14,27-32,34-38,78,80H2,1-5H3,(H,81,103)(H,85,95)(H,86,104)(H,87,106)(H,88,105)(H,89,107)(H,90,113)(H,96,97)(H,98,99)(H,100,101)(H,109,110)(H,111,112)(H3,79,83,91,92,108)/b11-6+,15-9+,26-17+,41-12+,42-33-,47-40-/t43-,44+,51-,52-,53+,54+,55-,56+,57+,58-,59+,60+/m1/s1. The predicted molar refractivity (Wildman–Crippen MR) is 416 cm³/mol. The number of aromatic nitrogens is 4. The average molecular weight is 1620 g/mol. The minimum atomic E-state index is -2.20. The zero-order valence-corrected chi connectivity index (χ0v) is 64.2. The number of hydrazine groups is 1. The Morgan fingerprint density at radius 1 is 0.733 bits per heavy atom. The first-order valence-corrected chi connectivity index (χ1v) is 36.8. The van der Waals surface area contributed by atoms with Gasteiger partial charge in [0.1, 0.15) is 36.3 Å². The number of unbranched alkanes of at least 4 members (excludes halogenated alkanes) is 1. The number of cyclic esters (lactones) is 1. The van der Waals surface area contributed by atoms with Crippen LogP contribution in [-0.4, -0.2) is 207 Å². The van der Waals surface area contributed by atoms with Crippen molar-refractivity contribution in [1.29, 1.82) is 0 Å². The quantitative estimate of drug-likeness (QED) is 0.00756. The lowest BCUT2D eigenvalue weighted by molar-refractivity contribution is -0.145. The second-order valence-electron chi connectivity index (χ2n) is 27.5. The number of aliphatic hydroxyl groups excluding tert-OH is 1. The summed E-state index contributed by atoms with van der Waals surface area (Å²) in [7, 11) is 0. The highest BCUT2D eigenvalue weighted by Gasteiger charge is 2.39. The molecule has 2 aliphatic heterocycles. The monoisotopic (exact) mass is 1610 g/mol. The molecule has 2 aromatic heterocycles. The summed E-state index contributed by atoms with van der Waals surface area (Å²) in [5.41, 5.74) is 15.6. The van der Waals surface area contributed by atoms with E-state index in [0.717, 1.165) is 17.6 Å². The third kappa shape index (κ3) is 31.1. The van der Waals surface area contributed by atoms with Gasteiger partial charge in [-0.25, -0.2) is 35.0 Å². The van der Waals surface area contributed by atoms with Crippen LogP contribution in [-0.2, 0) is 68.7 Å². The zero-order valence-electron chi connectivity index (χ0n) is 64.2. The van der Waals surface area contributed by atoms with E-state index in [0.29, 0.717) is 23.5 Å². The lowest BCUT2D eigenvalue weighted by Crippen LogP contribution is -2.58. The van der Waals surface area contributed by atoms with Crippen molar-refractivity contribution >= 4 is 106 Å². The lowest BCUT2D eigenvalue weighted by Gasteiger charge is -2.39. The molecule has 116 heavy (non-hydrogen) atoms. The van der Waals surface area contributed by atoms with Crippen LogP contribution in [0.3, 0.4) is 0 Å². The van der Waals surface area contributed by atoms with Crippen LogP contribution in [0.25, 0.3) is 11.2 Å². The van der Waals surface area contributed by atoms with Crippen molar-refractivity contribution in [3.63, 3.8) is 0 Å². The summed E-state index contributed by atoms with van der Waals surface area (Å²) in [6, 6.07) is 1.04. The van der Waals surface area contributed by atoms with Gasteiger partial charge in [0.2, 0.25) is 35.5 Å². The molecule has 21 N–H and O–H groups in total. The van der Waals surface area contributed by atoms with E-state index in [4.69, 9.17) is 31.5 Å². The normalized spacial score (nSPS) is 18.2. The first kappa shape index (κ1) is 91.7. The smallest absolute Gasteiger partial charge is 0.407 e. The summed E-state index contributed by atoms with van der Waals surface area (Å²) in [4.78, 5) is 181. The third-order valence-electron chi connectivity index (χ3n) is 17.9. The number of anilines is 3. The van der Waals surface area contributed by atoms with Gasteiger partial charge in [0.15, 0.2) is 11.2 Å². The molecule has 39 heteroatoms. The number of hydrogen-bond acceptors (Lipinski definition) is 27. The summed E-state index contributed by atoms with van der Waals surface area (Å²) < 4.78 is 17.2. The number of amides is 7. The number of nitrogens with one attached hydrogen (secondary N) is 8. The van der Waals surface area contributed by atoms with Crippen LogP contribution in [0, 0.1) is 11.8 Å². The van der Waals surface area contributed by atoms with Gasteiger partial charge in [0, 0.05) is 72.9 Å². The molecule has 0 spiro atoms. The molecule has 4 aromatic rings. The highest BCUT2D eigenvalue weighted by Crippen LogP contribution is 2.29. The second kappa shape index (κ2) is 45.5. The number of nitrogens with two attached hydrogens (primary N) is 3. The number of nitrogen functional groups attached to an aromatic ring is 1. The largest absolute Gasteiger partial charge is 0.492 e. The maximum absolute atomic E-state index is 13.6. The molecule has 0 saturated carbocycles. The number of aliphatic carboxylic acids is 5. The van der Waals surface area contributed by atoms with E-state index in [1.165, 1.54) is 72.0 Å². The molecule has 2 aliphatic rings. The van der Waals surface area contributed by atoms with Gasteiger partial charge < -0.3 is 104 Å². The van der Waals surface area contributed by atoms with E-state index in [2.05, 4.69) is 64.8 Å². The molecule has 0 unspecified atom stereocenters. The zero-order chi connectivity index (χ0) is 85.3. The van der Waals surface area contributed by atoms with E-state index in [1.54, 1.807) is 12.2 Å². The Hall–Kier alpha value is -13.2. The lowest BCUT2D eigenvalue weighted by atomic mass is 9.87. The Bertz CT molecular complexity index is 4420. The fourth-order valence-electron chi connectivity index (χ4n) is 11.9. The summed E-state index contributed by atoms with van der Waals surface area (Å²) in [5.74, 6) is -10.1. The highest BCUT2D eigenvalue weighted by molar-refractivity contribution is 5.99. The number of ether oxygens (including phenoxy) is 3. The summed E-state index contributed by atoms with van der Waals surface area (Å²) in [6.07, 6.45) is 14.8. The highest BCUT2D eigenvalue weighted by atomic mass is 16.6. The Balaban J connectivity index is 0.939. The summed E-state index contributed by atoms with van der Waals surface area (Å²) >= 11 is 0. The Kier molecular flexibility index (Phi) is 36.0. The molecule has 12 atom stereocenters. The van der Waals surface area contributed by atoms with E-state index in [1.807, 2.05) is 74.8 Å². The topological polar surface area (TPSA) is 620 Å². The number of rotatable bonds is 44. The van der Waals surface area contributed by atoms with Gasteiger partial charge in [0.05, 0.1) is 74.3 Å². The second-order valence-corrected chi connectivity index (χ2v) is 27.5. The van der Waals surface area contributed by atoms with Crippen LogP contribution < -0.4 is 64.9 Å². The first-order valence-electron chi connectivity index (χ1n) is 36.8. The van der Waals surface area contributed by atoms with Crippen molar-refractivity contribution in [3.05, 3.63) is 155 Å². The Labute approximate surface area is 665 Å². The van der Waals surface area contributed by atoms with E-state index in [9.17, 15) is 98.1 Å². The number of carbonyl (C=O) groups excluding carboxylic acids is 8. The SMILES string of the molecule is C/C=C/[C@@H]1O[C@H]([C@@H](/C=C/C=C(\C)C[C@@H](C)/C=C(C)\C=C\[C@H]2CC=CC(=O)O2)NC(=O)OCC/C(N)=C/N(N)c2ccc(C(=O)NCCCC[C@H](NC(=O)[C@H](CC(=O)O)NC(=O)[C@H](CC(=O)O)NC(=O)[C@@H](CC(=O)O)NC(=O)CC[C@H](NC(=O)c3ccc(NCc4cnc5nc(N)nc(O)c5n4)cc3)C(=O)O)C(=O)O)cc2)C[C@@H](O)[C@@H]1C. The number of benzene rings is 2. The van der Waals surface area contributed by atoms with E-state index >= 15 is 0 Å². The number of aromatic hydroxyl groups is 1. The molecule has 2 aromatic carbocycles. The van der Waals surface area contributed by atoms with Gasteiger partial charge in [-0.1, -0.05) is 73.6 Å². The number of allylic oxidation sites excluding steroid dienone is 7. The number of esters is 1. The maximum atomic E-state index is 13.6. The number of hydrogen-bond donors (Lipinski definition) is 18. The van der Waals surface area contributed by atoms with Crippen molar-refractivity contribution in [3.8, 4) is 5.88 Å². The van der Waals surface area contributed by atoms with Crippen molar-refractivity contribution in [2.24, 2.45) is 23.4 Å². The maximum Gasteiger partial charge on any atom is 0.407 e. The van der Waals surface area contributed by atoms with Gasteiger partial charge in [-0.2, -0.15) is 9.97 Å². The molecule has 624 valence electrons. The van der Waals surface area contributed by atoms with Gasteiger partial charge in [-0.05, 0) is 113 Å². The van der Waals surface area contributed by atoms with Crippen molar-refractivity contribution in [2.75, 3.05) is 29.2 Å². The van der Waals surface area contributed by atoms with Crippen molar-refractivity contribution in [2.45, 2.75) is 179 Å². The van der Waals surface area contributed by atoms with Crippen molar-refractivity contribution < 1.29 is 112 Å². The van der Waals surface area contributed by atoms with Crippen molar-refractivity contribution in [1.82, 2.24) is 57.2 Å². The van der Waals surface area contributed by atoms with Crippen LogP contribution in [0.15, 0.2) is 139 Å². The molecule has 4 heterocycles. The number of aliphatic hydroxyl groups is 1. The number of carboxylic acid groups (broad SMARTS) is 5. The van der Waals surface area contributed by atoms with Gasteiger partial charge >= 0.3 is 41.9 Å². The van der Waals surface area contributed by atoms with Gasteiger partial charge in [0.25, 0.3) is 11.8 Å². The minimum absolute atomic E-state index is 0.00253. The third-order valence-corrected chi connectivity index (χ3v) is 17.9. The van der Waals surface area contributed by atoms with Crippen LogP contribution in [0.1, 0.15) is 138 Å². The molecule has 1 fully saturated rings. The van der Waals surface area contributed by atoms with Crippen LogP contribution in [0.5, 0.6) is 5.88 Å². The van der Waals surface area contributed by atoms with E-state index in [-0.39, 0.29) is 110 Å². The molecule has 0 bridgehead atoms. The minimum Gasteiger partial charge on any atom is -0.492 e. The van der Waals surface area contributed by atoms with E-state index < -0.39 is 164 Å². The molecule has 6 rings (SSSR count). The molecule has 0 radical (unpaired) electrons. The molecular formula is C77H98N16O23. The molecule has 0 aliphatic carbocycles. The van der Waals surface area contributed by atoms with Crippen LogP contribution in [0.2, 0.25) is 0 Å². The number of carboxylic acids is 5. The van der Waals surface area contributed by atoms with Crippen LogP contribution in [0.4, 0.5) is 22.1 Å². The number of carbonyl (C=O) groups is 13.